The fraction of sp³-hybridized carbons (Fsp3) is 0.231. The van der Waals surface area contributed by atoms with Crippen LogP contribution in [0.5, 0.6) is 0 Å². The van der Waals surface area contributed by atoms with Crippen molar-refractivity contribution in [3.05, 3.63) is 49.1 Å². The minimum Gasteiger partial charge on any atom is -0.218 e. The first kappa shape index (κ1) is 9.84. The Labute approximate surface area is 90.2 Å². The van der Waals surface area contributed by atoms with Crippen molar-refractivity contribution >= 4 is 0 Å². The van der Waals surface area contributed by atoms with Crippen molar-refractivity contribution in [3.63, 3.8) is 0 Å². The molecule has 0 atom stereocenters. The normalized spacial score (nSPS) is 10.2. The molecule has 1 N–H and O–H groups in total. The summed E-state index contributed by atoms with van der Waals surface area (Å²) in [5.41, 5.74) is 2.51. The van der Waals surface area contributed by atoms with Crippen LogP contribution in [0.25, 0.3) is 11.1 Å². The number of H-pyrrole nitrogens is 1. The Morgan fingerprint density at radius 2 is 1.60 bits per heavy atom. The molecule has 2 rings (SSSR count). The third kappa shape index (κ3) is 2.40. The lowest BCUT2D eigenvalue weighted by Gasteiger charge is -1.98. The third-order valence-corrected chi connectivity index (χ3v) is 2.42. The second kappa shape index (κ2) is 4.69. The van der Waals surface area contributed by atoms with E-state index in [1.165, 1.54) is 17.5 Å². The number of aryl methyl sites for hydroxylation is 1. The maximum Gasteiger partial charge on any atom is 0.169 e. The number of hydrogen-bond donors (Lipinski definition) is 0. The Morgan fingerprint density at radius 1 is 1.00 bits per heavy atom. The first-order chi connectivity index (χ1) is 7.40. The molecule has 2 nitrogen and oxygen atoms in total. The van der Waals surface area contributed by atoms with Crippen LogP contribution in [0, 0.1) is 0 Å². The van der Waals surface area contributed by atoms with E-state index in [2.05, 4.69) is 53.1 Å². The van der Waals surface area contributed by atoms with E-state index in [9.17, 15) is 0 Å². The summed E-state index contributed by atoms with van der Waals surface area (Å²) < 4.78 is 2.21. The van der Waals surface area contributed by atoms with Crippen molar-refractivity contribution < 1.29 is 9.55 Å². The van der Waals surface area contributed by atoms with Crippen LogP contribution in [0.1, 0.15) is 13.3 Å². The van der Waals surface area contributed by atoms with E-state index in [0.29, 0.717) is 0 Å². The highest BCUT2D eigenvalue weighted by molar-refractivity contribution is 5.60. The lowest BCUT2D eigenvalue weighted by atomic mass is 10.1. The molecule has 0 amide bonds. The number of rotatable bonds is 3. The fourth-order valence-corrected chi connectivity index (χ4v) is 1.64. The van der Waals surface area contributed by atoms with Gasteiger partial charge in [-0.2, -0.15) is 0 Å². The number of nitrogens with one attached hydrogen (secondary N) is 1. The molecule has 0 aliphatic carbocycles. The van der Waals surface area contributed by atoms with Gasteiger partial charge in [0, 0.05) is 30.7 Å². The van der Waals surface area contributed by atoms with Crippen molar-refractivity contribution in [2.75, 3.05) is 0 Å². The summed E-state index contributed by atoms with van der Waals surface area (Å²) >= 11 is 0. The molecule has 0 aliphatic rings. The zero-order valence-electron chi connectivity index (χ0n) is 8.98. The highest BCUT2D eigenvalue weighted by atomic mass is 14.9. The van der Waals surface area contributed by atoms with Crippen molar-refractivity contribution in [2.45, 2.75) is 19.9 Å². The van der Waals surface area contributed by atoms with Gasteiger partial charge in [-0.3, -0.25) is 0 Å². The lowest BCUT2D eigenvalue weighted by Crippen LogP contribution is -2.31. The predicted octanol–water partition coefficient (Wildman–Crippen LogP) is 1.87. The quantitative estimate of drug-likeness (QED) is 0.673. The van der Waals surface area contributed by atoms with Gasteiger partial charge in [-0.05, 0) is 11.1 Å². The summed E-state index contributed by atoms with van der Waals surface area (Å²) in [6.07, 6.45) is 9.33. The molecule has 0 aliphatic heterocycles. The molecule has 2 aromatic rings. The molecule has 0 bridgehead atoms. The summed E-state index contributed by atoms with van der Waals surface area (Å²) in [6.45, 7) is 3.27. The maximum absolute atomic E-state index is 3.03. The van der Waals surface area contributed by atoms with Crippen LogP contribution < -0.4 is 9.55 Å². The van der Waals surface area contributed by atoms with E-state index >= 15 is 0 Å². The van der Waals surface area contributed by atoms with E-state index in [1.807, 2.05) is 12.4 Å². The van der Waals surface area contributed by atoms with Gasteiger partial charge in [-0.1, -0.05) is 6.92 Å². The third-order valence-electron chi connectivity index (χ3n) is 2.42. The summed E-state index contributed by atoms with van der Waals surface area (Å²) in [4.78, 5) is 3.03. The molecule has 0 aromatic carbocycles. The Morgan fingerprint density at radius 3 is 2.20 bits per heavy atom. The smallest absolute Gasteiger partial charge is 0.169 e. The molecule has 15 heavy (non-hydrogen) atoms. The molecule has 76 valence electrons. The highest BCUT2D eigenvalue weighted by Crippen LogP contribution is 2.14. The molecular weight excluding hydrogens is 184 g/mol. The summed E-state index contributed by atoms with van der Waals surface area (Å²) in [7, 11) is 0. The van der Waals surface area contributed by atoms with E-state index < -0.39 is 0 Å². The number of pyridine rings is 2. The van der Waals surface area contributed by atoms with Crippen LogP contribution in [-0.4, -0.2) is 0 Å². The standard InChI is InChI=1S/C13H15N2/c1-2-9-15-10-5-13(6-11-15)12-3-7-14-8-4-12/h3-8,10-11H,2,9H2,1H3/q+1/p+1. The van der Waals surface area contributed by atoms with Crippen molar-refractivity contribution in [3.8, 4) is 11.1 Å². The van der Waals surface area contributed by atoms with Crippen molar-refractivity contribution in [1.29, 1.82) is 0 Å². The van der Waals surface area contributed by atoms with Crippen LogP contribution in [-0.2, 0) is 6.54 Å². The second-order valence-electron chi connectivity index (χ2n) is 3.61. The molecular formula is C13H16N2+2. The van der Waals surface area contributed by atoms with Crippen LogP contribution in [0.3, 0.4) is 0 Å². The molecule has 2 aromatic heterocycles. The minimum atomic E-state index is 1.09. The Balaban J connectivity index is 2.24. The second-order valence-corrected chi connectivity index (χ2v) is 3.61. The fourth-order valence-electron chi connectivity index (χ4n) is 1.64. The van der Waals surface area contributed by atoms with E-state index in [-0.39, 0.29) is 0 Å². The van der Waals surface area contributed by atoms with Gasteiger partial charge >= 0.3 is 0 Å². The number of hydrogen-bond acceptors (Lipinski definition) is 0. The SMILES string of the molecule is CCC[n+]1ccc(-c2cc[nH+]cc2)cc1. The van der Waals surface area contributed by atoms with Crippen LogP contribution >= 0.6 is 0 Å². The van der Waals surface area contributed by atoms with Gasteiger partial charge in [0.2, 0.25) is 0 Å². The van der Waals surface area contributed by atoms with Gasteiger partial charge in [0.05, 0.1) is 0 Å². The predicted molar refractivity (Wildman–Crippen MR) is 58.9 cm³/mol. The van der Waals surface area contributed by atoms with Crippen LogP contribution in [0.4, 0.5) is 0 Å². The monoisotopic (exact) mass is 200 g/mol. The van der Waals surface area contributed by atoms with Gasteiger partial charge in [-0.15, -0.1) is 0 Å². The molecule has 0 saturated carbocycles. The number of nitrogens with zero attached hydrogens (tertiary/aromatic N) is 1. The summed E-state index contributed by atoms with van der Waals surface area (Å²) in [5, 5.41) is 0. The Hall–Kier alpha value is -1.70. The van der Waals surface area contributed by atoms with E-state index in [4.69, 9.17) is 0 Å². The maximum atomic E-state index is 3.03. The molecule has 0 unspecified atom stereocenters. The van der Waals surface area contributed by atoms with Crippen molar-refractivity contribution in [2.24, 2.45) is 0 Å². The number of aromatic nitrogens is 2. The van der Waals surface area contributed by atoms with E-state index in [0.717, 1.165) is 6.54 Å². The first-order valence-electron chi connectivity index (χ1n) is 5.36. The largest absolute Gasteiger partial charge is 0.218 e. The number of aromatic amines is 1. The first-order valence-corrected chi connectivity index (χ1v) is 5.36. The molecule has 0 fully saturated rings. The zero-order chi connectivity index (χ0) is 10.5. The highest BCUT2D eigenvalue weighted by Gasteiger charge is 2.01. The van der Waals surface area contributed by atoms with Gasteiger partial charge in [0.15, 0.2) is 24.8 Å². The van der Waals surface area contributed by atoms with Gasteiger partial charge in [0.25, 0.3) is 0 Å². The topological polar surface area (TPSA) is 18.0 Å². The Kier molecular flexibility index (Phi) is 3.08. The molecule has 2 heteroatoms. The molecule has 2 heterocycles. The molecule has 0 saturated heterocycles. The van der Waals surface area contributed by atoms with Crippen molar-refractivity contribution in [1.82, 2.24) is 0 Å². The van der Waals surface area contributed by atoms with Gasteiger partial charge < -0.3 is 0 Å². The molecule has 0 radical (unpaired) electrons. The average Bonchev–Trinajstić information content (AvgIpc) is 2.32. The van der Waals surface area contributed by atoms with E-state index in [1.54, 1.807) is 0 Å². The molecule has 0 spiro atoms. The van der Waals surface area contributed by atoms with Gasteiger partial charge in [0.1, 0.15) is 6.54 Å². The lowest BCUT2D eigenvalue weighted by molar-refractivity contribution is -0.696. The Bertz CT molecular complexity index is 406. The van der Waals surface area contributed by atoms with Crippen LogP contribution in [0.2, 0.25) is 0 Å². The zero-order valence-corrected chi connectivity index (χ0v) is 8.98. The minimum absolute atomic E-state index is 1.09. The summed E-state index contributed by atoms with van der Waals surface area (Å²) in [6, 6.07) is 8.48. The van der Waals surface area contributed by atoms with Gasteiger partial charge in [-0.25, -0.2) is 9.55 Å². The summed E-state index contributed by atoms with van der Waals surface area (Å²) in [5.74, 6) is 0. The average molecular weight is 200 g/mol. The van der Waals surface area contributed by atoms with Crippen LogP contribution in [0.15, 0.2) is 49.1 Å².